The van der Waals surface area contributed by atoms with Crippen LogP contribution in [0.2, 0.25) is 0 Å². The van der Waals surface area contributed by atoms with E-state index < -0.39 is 0 Å². The van der Waals surface area contributed by atoms with E-state index >= 15 is 0 Å². The van der Waals surface area contributed by atoms with Gasteiger partial charge in [0.05, 0.1) is 23.9 Å². The summed E-state index contributed by atoms with van der Waals surface area (Å²) < 4.78 is 10.5. The van der Waals surface area contributed by atoms with Crippen molar-refractivity contribution in [2.45, 2.75) is 32.2 Å². The topological polar surface area (TPSA) is 80.2 Å². The number of amides is 1. The highest BCUT2D eigenvalue weighted by Gasteiger charge is 2.37. The number of esters is 1. The predicted molar refractivity (Wildman–Crippen MR) is 139 cm³/mol. The number of allylic oxidation sites excluding steroid dienone is 1. The zero-order chi connectivity index (χ0) is 24.6. The van der Waals surface area contributed by atoms with Crippen LogP contribution in [0.15, 0.2) is 70.9 Å². The summed E-state index contributed by atoms with van der Waals surface area (Å²) in [6.07, 6.45) is 2.12. The van der Waals surface area contributed by atoms with E-state index in [9.17, 15) is 9.59 Å². The first kappa shape index (κ1) is 25.0. The third-order valence-corrected chi connectivity index (χ3v) is 7.07. The molecule has 2 aliphatic rings. The first-order chi connectivity index (χ1) is 17.1. The van der Waals surface area contributed by atoms with Crippen molar-refractivity contribution >= 4 is 34.5 Å². The lowest BCUT2D eigenvalue weighted by Gasteiger charge is -2.40. The number of carbonyl (C=O) groups is 2. The van der Waals surface area contributed by atoms with Gasteiger partial charge in [0.15, 0.2) is 5.17 Å². The summed E-state index contributed by atoms with van der Waals surface area (Å²) in [5.74, 6) is 0.608. The van der Waals surface area contributed by atoms with Gasteiger partial charge in [-0.15, -0.1) is 0 Å². The summed E-state index contributed by atoms with van der Waals surface area (Å²) in [4.78, 5) is 32.4. The number of carbonyl (C=O) groups excluding carboxylic acids is 2. The molecule has 1 amide bonds. The molecule has 1 N–H and O–H groups in total. The molecule has 184 valence electrons. The number of rotatable bonds is 9. The Balaban J connectivity index is 1.49. The van der Waals surface area contributed by atoms with Crippen LogP contribution >= 0.6 is 11.8 Å². The van der Waals surface area contributed by atoms with Crippen molar-refractivity contribution in [1.82, 2.24) is 4.90 Å². The number of methoxy groups -OCH3 is 1. The van der Waals surface area contributed by atoms with Crippen LogP contribution in [0.25, 0.3) is 0 Å². The van der Waals surface area contributed by atoms with E-state index in [2.05, 4.69) is 10.2 Å². The van der Waals surface area contributed by atoms with Gasteiger partial charge in [-0.25, -0.2) is 9.79 Å². The average molecular weight is 494 g/mol. The number of fused-ring (bicyclic) bond motifs is 1. The van der Waals surface area contributed by atoms with E-state index in [0.717, 1.165) is 40.7 Å². The van der Waals surface area contributed by atoms with Crippen LogP contribution in [0.5, 0.6) is 0 Å². The molecule has 2 heterocycles. The molecular weight excluding hydrogens is 462 g/mol. The number of aliphatic imine (C=N–C) groups is 1. The number of ether oxygens (including phenoxy) is 2. The Hall–Kier alpha value is -3.10. The molecule has 1 fully saturated rings. The van der Waals surface area contributed by atoms with Gasteiger partial charge in [0.1, 0.15) is 6.61 Å². The minimum Gasteiger partial charge on any atom is -0.460 e. The Kier molecular flexibility index (Phi) is 8.60. The van der Waals surface area contributed by atoms with Crippen LogP contribution in [0.3, 0.4) is 0 Å². The molecule has 8 heteroatoms. The van der Waals surface area contributed by atoms with E-state index in [4.69, 9.17) is 14.5 Å². The van der Waals surface area contributed by atoms with E-state index in [-0.39, 0.29) is 24.5 Å². The number of nitrogens with one attached hydrogen (secondary N) is 1. The summed E-state index contributed by atoms with van der Waals surface area (Å²) in [7, 11) is 1.57. The molecule has 2 aliphatic heterocycles. The number of nitrogens with zero attached hydrogens (tertiary/aromatic N) is 2. The number of hydrogen-bond donors (Lipinski definition) is 1. The first-order valence-electron chi connectivity index (χ1n) is 11.9. The van der Waals surface area contributed by atoms with Crippen molar-refractivity contribution in [2.75, 3.05) is 37.9 Å². The van der Waals surface area contributed by atoms with Crippen LogP contribution in [-0.2, 0) is 25.5 Å². The normalized spacial score (nSPS) is 17.5. The number of anilines is 1. The van der Waals surface area contributed by atoms with Gasteiger partial charge in [-0.1, -0.05) is 54.2 Å². The summed E-state index contributed by atoms with van der Waals surface area (Å²) in [5.41, 5.74) is 4.05. The third kappa shape index (κ3) is 6.32. The van der Waals surface area contributed by atoms with E-state index in [0.29, 0.717) is 30.7 Å². The Bertz CT molecular complexity index is 1100. The minimum absolute atomic E-state index is 0.0285. The summed E-state index contributed by atoms with van der Waals surface area (Å²) >= 11 is 1.71. The van der Waals surface area contributed by atoms with Crippen molar-refractivity contribution in [1.29, 1.82) is 0 Å². The lowest BCUT2D eigenvalue weighted by atomic mass is 9.94. The van der Waals surface area contributed by atoms with Crippen molar-refractivity contribution in [2.24, 2.45) is 4.99 Å². The molecule has 0 aliphatic carbocycles. The minimum atomic E-state index is -0.374. The highest BCUT2D eigenvalue weighted by Crippen LogP contribution is 2.40. The second-order valence-corrected chi connectivity index (χ2v) is 9.54. The molecule has 0 bridgehead atoms. The van der Waals surface area contributed by atoms with Crippen molar-refractivity contribution in [3.63, 3.8) is 0 Å². The van der Waals surface area contributed by atoms with Crippen molar-refractivity contribution in [3.05, 3.63) is 77.0 Å². The van der Waals surface area contributed by atoms with E-state index in [1.54, 1.807) is 18.9 Å². The second kappa shape index (κ2) is 12.0. The number of aryl methyl sites for hydroxylation is 1. The molecule has 7 nitrogen and oxygen atoms in total. The van der Waals surface area contributed by atoms with Gasteiger partial charge >= 0.3 is 5.97 Å². The molecule has 35 heavy (non-hydrogen) atoms. The molecule has 2 aromatic carbocycles. The maximum atomic E-state index is 13.0. The number of amidine groups is 1. The van der Waals surface area contributed by atoms with Gasteiger partial charge in [-0.05, 0) is 43.0 Å². The molecule has 0 saturated carbocycles. The van der Waals surface area contributed by atoms with Gasteiger partial charge in [0.25, 0.3) is 0 Å². The largest absolute Gasteiger partial charge is 0.460 e. The molecule has 2 aromatic rings. The maximum Gasteiger partial charge on any atom is 0.338 e. The Labute approximate surface area is 210 Å². The maximum absolute atomic E-state index is 13.0. The number of hydrogen-bond acceptors (Lipinski definition) is 7. The van der Waals surface area contributed by atoms with Crippen molar-refractivity contribution < 1.29 is 19.1 Å². The summed E-state index contributed by atoms with van der Waals surface area (Å²) in [6, 6.07) is 17.4. The van der Waals surface area contributed by atoms with Crippen LogP contribution in [0.4, 0.5) is 5.69 Å². The fourth-order valence-corrected chi connectivity index (χ4v) is 5.27. The standard InChI is InChI=1S/C27H31N3O4S/c1-19-24(26(32)34-17-16-33-2)25(30-15-6-18-35-27(30)28-19)21-10-12-22(13-11-21)29-23(31)14-9-20-7-4-3-5-8-20/h3-5,7-8,10-13,25H,6,9,14-18H2,1-2H3,(H,29,31)/t25-/m1/s1. The second-order valence-electron chi connectivity index (χ2n) is 8.48. The van der Waals surface area contributed by atoms with E-state index in [1.807, 2.05) is 61.5 Å². The molecule has 0 radical (unpaired) electrons. The van der Waals surface area contributed by atoms with Gasteiger partial charge in [0.2, 0.25) is 5.91 Å². The lowest BCUT2D eigenvalue weighted by molar-refractivity contribution is -0.141. The Morgan fingerprint density at radius 1 is 1.11 bits per heavy atom. The quantitative estimate of drug-likeness (QED) is 0.407. The fourth-order valence-electron chi connectivity index (χ4n) is 4.25. The summed E-state index contributed by atoms with van der Waals surface area (Å²) in [6.45, 7) is 3.21. The Morgan fingerprint density at radius 3 is 2.63 bits per heavy atom. The molecule has 0 unspecified atom stereocenters. The highest BCUT2D eigenvalue weighted by molar-refractivity contribution is 8.13. The SMILES string of the molecule is COCCOC(=O)C1=C(C)N=C2SCCCN2[C@@H]1c1ccc(NC(=O)CCc2ccccc2)cc1. The first-order valence-corrected chi connectivity index (χ1v) is 12.8. The Morgan fingerprint density at radius 2 is 1.89 bits per heavy atom. The van der Waals surface area contributed by atoms with Crippen LogP contribution in [0, 0.1) is 0 Å². The van der Waals surface area contributed by atoms with Gasteiger partial charge in [0, 0.05) is 31.5 Å². The van der Waals surface area contributed by atoms with Gasteiger partial charge in [-0.2, -0.15) is 0 Å². The number of thioether (sulfide) groups is 1. The van der Waals surface area contributed by atoms with Crippen LogP contribution < -0.4 is 5.32 Å². The predicted octanol–water partition coefficient (Wildman–Crippen LogP) is 4.57. The van der Waals surface area contributed by atoms with Crippen LogP contribution in [0.1, 0.15) is 36.9 Å². The smallest absolute Gasteiger partial charge is 0.338 e. The molecule has 0 spiro atoms. The monoisotopic (exact) mass is 493 g/mol. The zero-order valence-corrected chi connectivity index (χ0v) is 21.0. The molecule has 4 rings (SSSR count). The zero-order valence-electron chi connectivity index (χ0n) is 20.2. The van der Waals surface area contributed by atoms with Gasteiger partial charge in [-0.3, -0.25) is 4.79 Å². The molecular formula is C27H31N3O4S. The molecule has 0 aromatic heterocycles. The fraction of sp³-hybridized carbons (Fsp3) is 0.370. The molecule has 1 saturated heterocycles. The average Bonchev–Trinajstić information content (AvgIpc) is 2.88. The van der Waals surface area contributed by atoms with Crippen LogP contribution in [-0.4, -0.2) is 54.6 Å². The third-order valence-electron chi connectivity index (χ3n) is 5.99. The summed E-state index contributed by atoms with van der Waals surface area (Å²) in [5, 5.41) is 3.91. The van der Waals surface area contributed by atoms with E-state index in [1.165, 1.54) is 0 Å². The van der Waals surface area contributed by atoms with Gasteiger partial charge < -0.3 is 19.7 Å². The molecule has 1 atom stereocenters. The van der Waals surface area contributed by atoms with Crippen molar-refractivity contribution in [3.8, 4) is 0 Å². The highest BCUT2D eigenvalue weighted by atomic mass is 32.2. The number of benzene rings is 2. The lowest BCUT2D eigenvalue weighted by Crippen LogP contribution is -2.42.